The maximum Gasteiger partial charge on any atom is 0.174 e. The molecule has 0 aliphatic rings. The predicted molar refractivity (Wildman–Crippen MR) is 98.6 cm³/mol. The molecule has 0 unspecified atom stereocenters. The number of aliphatic hydroxyl groups excluding tert-OH is 2. The average Bonchev–Trinajstić information content (AvgIpc) is 2.69. The maximum absolute atomic E-state index is 11.8. The Kier molecular flexibility index (Phi) is 5.73. The van der Waals surface area contributed by atoms with Gasteiger partial charge in [0.25, 0.3) is 0 Å². The molecule has 5 nitrogen and oxygen atoms in total. The molecule has 0 saturated heterocycles. The first-order valence-corrected chi connectivity index (χ1v) is 8.61. The number of aliphatic hydroxyl groups is 3. The van der Waals surface area contributed by atoms with E-state index in [0.717, 1.165) is 0 Å². The number of aromatic nitrogens is 2. The van der Waals surface area contributed by atoms with Gasteiger partial charge in [0.05, 0.1) is 11.4 Å². The van der Waals surface area contributed by atoms with Crippen LogP contribution in [-0.2, 0) is 18.4 Å². The molecule has 134 valence electrons. The quantitative estimate of drug-likeness (QED) is 0.605. The van der Waals surface area contributed by atoms with Gasteiger partial charge in [0.15, 0.2) is 5.60 Å². The molecule has 0 aliphatic heterocycles. The Morgan fingerprint density at radius 1 is 0.654 bits per heavy atom. The topological polar surface area (TPSA) is 86.5 Å². The molecule has 3 aromatic rings. The normalized spacial score (nSPS) is 11.5. The summed E-state index contributed by atoms with van der Waals surface area (Å²) in [5.74, 6) is 0. The van der Waals surface area contributed by atoms with Crippen molar-refractivity contribution in [2.75, 3.05) is 13.2 Å². The third-order valence-corrected chi connectivity index (χ3v) is 4.28. The van der Waals surface area contributed by atoms with Crippen LogP contribution in [0, 0.1) is 0 Å². The summed E-state index contributed by atoms with van der Waals surface area (Å²) in [6.07, 6.45) is 0.827. The molecule has 0 bridgehead atoms. The molecule has 0 amide bonds. The van der Waals surface area contributed by atoms with E-state index < -0.39 is 5.60 Å². The minimum atomic E-state index is -1.53. The smallest absolute Gasteiger partial charge is 0.174 e. The molecule has 26 heavy (non-hydrogen) atoms. The SMILES string of the molecule is OCCc1cccc(C(O)(c2ccccc2)c2cccc(CCO)n2)n1. The molecule has 5 heteroatoms. The van der Waals surface area contributed by atoms with Crippen molar-refractivity contribution in [3.63, 3.8) is 0 Å². The molecule has 3 rings (SSSR count). The number of hydrogen-bond acceptors (Lipinski definition) is 5. The molecule has 0 saturated carbocycles. The van der Waals surface area contributed by atoms with Gasteiger partial charge in [0.1, 0.15) is 0 Å². The molecule has 3 N–H and O–H groups in total. The van der Waals surface area contributed by atoms with Gasteiger partial charge in [-0.05, 0) is 29.8 Å². The molecular weight excluding hydrogens is 328 g/mol. The summed E-state index contributed by atoms with van der Waals surface area (Å²) in [5.41, 5.74) is 1.42. The average molecular weight is 350 g/mol. The first-order chi connectivity index (χ1) is 12.7. The van der Waals surface area contributed by atoms with Crippen molar-refractivity contribution in [3.05, 3.63) is 95.1 Å². The largest absolute Gasteiger partial charge is 0.396 e. The van der Waals surface area contributed by atoms with Crippen molar-refractivity contribution >= 4 is 0 Å². The van der Waals surface area contributed by atoms with Gasteiger partial charge in [0.2, 0.25) is 0 Å². The highest BCUT2D eigenvalue weighted by Crippen LogP contribution is 2.34. The van der Waals surface area contributed by atoms with E-state index in [1.807, 2.05) is 54.6 Å². The summed E-state index contributed by atoms with van der Waals surface area (Å²) >= 11 is 0. The molecule has 0 radical (unpaired) electrons. The van der Waals surface area contributed by atoms with Gasteiger partial charge in [-0.1, -0.05) is 42.5 Å². The van der Waals surface area contributed by atoms with Crippen LogP contribution in [0.1, 0.15) is 28.3 Å². The highest BCUT2D eigenvalue weighted by molar-refractivity contribution is 5.42. The Hall–Kier alpha value is -2.60. The Labute approximate surface area is 152 Å². The van der Waals surface area contributed by atoms with Crippen LogP contribution in [0.2, 0.25) is 0 Å². The number of benzene rings is 1. The van der Waals surface area contributed by atoms with Gasteiger partial charge in [-0.3, -0.25) is 9.97 Å². The second-order valence-corrected chi connectivity index (χ2v) is 6.05. The van der Waals surface area contributed by atoms with Crippen LogP contribution in [0.4, 0.5) is 0 Å². The van der Waals surface area contributed by atoms with E-state index in [9.17, 15) is 15.3 Å². The standard InChI is InChI=1S/C21H22N2O3/c24-14-12-17-8-4-10-19(22-17)21(26,16-6-2-1-3-7-16)20-11-5-9-18(23-20)13-15-25/h1-11,24-26H,12-15H2. The molecule has 0 atom stereocenters. The van der Waals surface area contributed by atoms with Gasteiger partial charge in [-0.25, -0.2) is 0 Å². The van der Waals surface area contributed by atoms with E-state index in [2.05, 4.69) is 9.97 Å². The third kappa shape index (κ3) is 3.65. The summed E-state index contributed by atoms with van der Waals surface area (Å²) < 4.78 is 0. The fraction of sp³-hybridized carbons (Fsp3) is 0.238. The monoisotopic (exact) mass is 350 g/mol. The minimum absolute atomic E-state index is 0.00947. The van der Waals surface area contributed by atoms with Crippen LogP contribution in [0.15, 0.2) is 66.7 Å². The first kappa shape index (κ1) is 18.2. The van der Waals surface area contributed by atoms with Crippen molar-refractivity contribution in [2.45, 2.75) is 18.4 Å². The van der Waals surface area contributed by atoms with Crippen LogP contribution < -0.4 is 0 Å². The van der Waals surface area contributed by atoms with Crippen molar-refractivity contribution in [2.24, 2.45) is 0 Å². The molecular formula is C21H22N2O3. The second-order valence-electron chi connectivity index (χ2n) is 6.05. The molecule has 2 heterocycles. The zero-order valence-corrected chi connectivity index (χ0v) is 14.4. The second kappa shape index (κ2) is 8.19. The van der Waals surface area contributed by atoms with E-state index in [-0.39, 0.29) is 13.2 Å². The summed E-state index contributed by atoms with van der Waals surface area (Å²) in [6.45, 7) is -0.0189. The van der Waals surface area contributed by atoms with Gasteiger partial charge < -0.3 is 15.3 Å². The Balaban J connectivity index is 2.18. The molecule has 0 spiro atoms. The van der Waals surface area contributed by atoms with Crippen molar-refractivity contribution in [1.29, 1.82) is 0 Å². The Bertz CT molecular complexity index is 803. The number of nitrogens with zero attached hydrogens (tertiary/aromatic N) is 2. The van der Waals surface area contributed by atoms with Crippen LogP contribution >= 0.6 is 0 Å². The predicted octanol–water partition coefficient (Wildman–Crippen LogP) is 1.83. The highest BCUT2D eigenvalue weighted by atomic mass is 16.3. The lowest BCUT2D eigenvalue weighted by Crippen LogP contribution is -2.32. The lowest BCUT2D eigenvalue weighted by atomic mass is 9.86. The number of pyridine rings is 2. The van der Waals surface area contributed by atoms with E-state index in [1.165, 1.54) is 0 Å². The summed E-state index contributed by atoms with van der Waals surface area (Å²) in [6, 6.07) is 20.1. The van der Waals surface area contributed by atoms with E-state index in [1.54, 1.807) is 12.1 Å². The lowest BCUT2D eigenvalue weighted by Gasteiger charge is -2.28. The fourth-order valence-electron chi connectivity index (χ4n) is 2.98. The van der Waals surface area contributed by atoms with Gasteiger partial charge in [-0.15, -0.1) is 0 Å². The van der Waals surface area contributed by atoms with Crippen LogP contribution in [0.25, 0.3) is 0 Å². The Morgan fingerprint density at radius 3 is 1.62 bits per heavy atom. The number of rotatable bonds is 7. The van der Waals surface area contributed by atoms with Crippen LogP contribution in [0.5, 0.6) is 0 Å². The number of hydrogen-bond donors (Lipinski definition) is 3. The van der Waals surface area contributed by atoms with Crippen LogP contribution in [0.3, 0.4) is 0 Å². The molecule has 0 aliphatic carbocycles. The van der Waals surface area contributed by atoms with E-state index in [4.69, 9.17) is 0 Å². The third-order valence-electron chi connectivity index (χ3n) is 4.28. The summed E-state index contributed by atoms with van der Waals surface area (Å²) in [4.78, 5) is 9.13. The fourth-order valence-corrected chi connectivity index (χ4v) is 2.98. The first-order valence-electron chi connectivity index (χ1n) is 8.61. The Morgan fingerprint density at radius 2 is 1.15 bits per heavy atom. The maximum atomic E-state index is 11.8. The lowest BCUT2D eigenvalue weighted by molar-refractivity contribution is 0.115. The summed E-state index contributed by atoms with van der Waals surface area (Å²) in [5, 5.41) is 30.2. The molecule has 2 aromatic heterocycles. The molecule has 0 fully saturated rings. The minimum Gasteiger partial charge on any atom is -0.396 e. The van der Waals surface area contributed by atoms with Gasteiger partial charge in [0, 0.05) is 37.4 Å². The van der Waals surface area contributed by atoms with Gasteiger partial charge >= 0.3 is 0 Å². The highest BCUT2D eigenvalue weighted by Gasteiger charge is 2.37. The van der Waals surface area contributed by atoms with E-state index in [0.29, 0.717) is 41.2 Å². The van der Waals surface area contributed by atoms with E-state index >= 15 is 0 Å². The molecule has 1 aromatic carbocycles. The van der Waals surface area contributed by atoms with Gasteiger partial charge in [-0.2, -0.15) is 0 Å². The zero-order chi connectivity index (χ0) is 18.4. The van der Waals surface area contributed by atoms with Crippen molar-refractivity contribution in [3.8, 4) is 0 Å². The van der Waals surface area contributed by atoms with Crippen LogP contribution in [-0.4, -0.2) is 38.5 Å². The zero-order valence-electron chi connectivity index (χ0n) is 14.4. The summed E-state index contributed by atoms with van der Waals surface area (Å²) in [7, 11) is 0. The van der Waals surface area contributed by atoms with Crippen molar-refractivity contribution in [1.82, 2.24) is 9.97 Å². The van der Waals surface area contributed by atoms with Crippen molar-refractivity contribution < 1.29 is 15.3 Å².